The quantitative estimate of drug-likeness (QED) is 0.0418. The summed E-state index contributed by atoms with van der Waals surface area (Å²) in [5.41, 5.74) is 8.95. The lowest BCUT2D eigenvalue weighted by Gasteiger charge is -2.24. The van der Waals surface area contributed by atoms with Gasteiger partial charge in [-0.05, 0) is 83.9 Å². The second-order valence-corrected chi connectivity index (χ2v) is 20.2. The van der Waals surface area contributed by atoms with E-state index in [1.54, 1.807) is 14.2 Å². The van der Waals surface area contributed by atoms with Gasteiger partial charge in [-0.2, -0.15) is 10.5 Å². The van der Waals surface area contributed by atoms with Crippen molar-refractivity contribution in [3.63, 3.8) is 0 Å². The van der Waals surface area contributed by atoms with Crippen molar-refractivity contribution in [2.75, 3.05) is 67.1 Å². The fourth-order valence-electron chi connectivity index (χ4n) is 11.2. The van der Waals surface area contributed by atoms with Gasteiger partial charge in [0.05, 0.1) is 50.3 Å². The van der Waals surface area contributed by atoms with E-state index < -0.39 is 13.7 Å². The van der Waals surface area contributed by atoms with Crippen molar-refractivity contribution in [2.45, 2.75) is 0 Å². The van der Waals surface area contributed by atoms with E-state index in [1.165, 1.54) is 0 Å². The third kappa shape index (κ3) is 11.6. The fraction of sp³-hybridized carbons (Fsp3) is 0.143. The topological polar surface area (TPSA) is 165 Å². The maximum atomic E-state index is 12.3. The van der Waals surface area contributed by atoms with Crippen LogP contribution in [0.4, 0.5) is 0 Å². The molecule has 0 saturated heterocycles. The van der Waals surface area contributed by atoms with Crippen molar-refractivity contribution in [1.82, 2.24) is 18.9 Å². The maximum absolute atomic E-state index is 12.3. The van der Waals surface area contributed by atoms with Gasteiger partial charge in [0.2, 0.25) is 11.8 Å². The van der Waals surface area contributed by atoms with Gasteiger partial charge in [0.25, 0.3) is 0 Å². The summed E-state index contributed by atoms with van der Waals surface area (Å²) in [7, 11) is 3.28. The van der Waals surface area contributed by atoms with Gasteiger partial charge in [0.15, 0.2) is 11.2 Å². The predicted molar refractivity (Wildman–Crippen MR) is 337 cm³/mol. The van der Waals surface area contributed by atoms with Gasteiger partial charge in [-0.15, -0.1) is 0 Å². The minimum Gasteiger partial charge on any atom is -0.491 e. The standard InChI is InChI=1S/C70H58B2N6O8/c1-79-39-41-81-43-45-83-55-35-31-49(32-36-55)65-63-64(68(58(48-74)70-76-60-28-16-18-30-62(60)86-70)77(65)71(51-19-7-3-8-20-51)52-21-9-4-10-22-52)66(50-33-37-56(38-34-50)84-46-44-82-42-40-80-2)78(72(53-23-11-5-12-24-53)54-25-13-6-14-26-54)67(63)57(47-73)69-75-59-27-15-17-29-61(59)85-69/h3-38H,39-46H2,1-2H3/b67-57-,68-58-. The van der Waals surface area contributed by atoms with Gasteiger partial charge in [-0.3, -0.25) is 0 Å². The average Bonchev–Trinajstić information content (AvgIpc) is 1.53. The summed E-state index contributed by atoms with van der Waals surface area (Å²) in [5, 5.41) is 26.8. The molecule has 0 N–H and O–H groups in total. The number of ether oxygens (including phenoxy) is 6. The molecule has 4 heterocycles. The van der Waals surface area contributed by atoms with Crippen LogP contribution < -0.4 is 42.0 Å². The van der Waals surface area contributed by atoms with Crippen molar-refractivity contribution in [3.8, 4) is 46.2 Å². The van der Waals surface area contributed by atoms with Crippen molar-refractivity contribution in [3.05, 3.63) is 241 Å². The van der Waals surface area contributed by atoms with E-state index in [0.29, 0.717) is 119 Å². The van der Waals surface area contributed by atoms with Crippen LogP contribution in [0.5, 0.6) is 11.5 Å². The molecule has 0 unspecified atom stereocenters. The molecule has 0 spiro atoms. The maximum Gasteiger partial charge on any atom is 0.328 e. The van der Waals surface area contributed by atoms with Crippen molar-refractivity contribution in [2.24, 2.45) is 0 Å². The summed E-state index contributed by atoms with van der Waals surface area (Å²) in [6, 6.07) is 77.2. The monoisotopic (exact) mass is 1130 g/mol. The van der Waals surface area contributed by atoms with Crippen molar-refractivity contribution in [1.29, 1.82) is 10.5 Å². The van der Waals surface area contributed by atoms with E-state index in [-0.39, 0.29) is 22.9 Å². The largest absolute Gasteiger partial charge is 0.491 e. The second kappa shape index (κ2) is 26.6. The van der Waals surface area contributed by atoms with Gasteiger partial charge in [0, 0.05) is 36.4 Å². The molecule has 4 aromatic heterocycles. The summed E-state index contributed by atoms with van der Waals surface area (Å²) >= 11 is 0. The van der Waals surface area contributed by atoms with Gasteiger partial charge >= 0.3 is 13.7 Å². The van der Waals surface area contributed by atoms with E-state index in [2.05, 4.69) is 69.6 Å². The van der Waals surface area contributed by atoms with Crippen LogP contribution in [-0.4, -0.2) is 99.7 Å². The Hall–Kier alpha value is -10.2. The summed E-state index contributed by atoms with van der Waals surface area (Å²) < 4.78 is 52.6. The molecule has 0 fully saturated rings. The summed E-state index contributed by atoms with van der Waals surface area (Å²) in [6.07, 6.45) is 0. The molecule has 16 heteroatoms. The van der Waals surface area contributed by atoms with Crippen LogP contribution in [0.15, 0.2) is 227 Å². The first-order valence-electron chi connectivity index (χ1n) is 28.4. The number of hydrogen-bond donors (Lipinski definition) is 0. The van der Waals surface area contributed by atoms with E-state index in [4.69, 9.17) is 47.2 Å². The Balaban J connectivity index is 1.31. The molecule has 0 bridgehead atoms. The number of methoxy groups -OCH3 is 2. The highest BCUT2D eigenvalue weighted by Gasteiger charge is 2.38. The number of nitrogens with zero attached hydrogens (tertiary/aromatic N) is 6. The number of hydrogen-bond acceptors (Lipinski definition) is 12. The van der Waals surface area contributed by atoms with Crippen LogP contribution in [0, 0.1) is 22.7 Å². The zero-order valence-corrected chi connectivity index (χ0v) is 47.5. The zero-order valence-electron chi connectivity index (χ0n) is 47.5. The van der Waals surface area contributed by atoms with E-state index >= 15 is 0 Å². The number of oxazole rings is 2. The van der Waals surface area contributed by atoms with E-state index in [0.717, 1.165) is 33.0 Å². The number of aromatic nitrogens is 4. The first-order valence-corrected chi connectivity index (χ1v) is 28.4. The summed E-state index contributed by atoms with van der Waals surface area (Å²) in [6.45, 7) is 1.89. The third-order valence-corrected chi connectivity index (χ3v) is 15.0. The van der Waals surface area contributed by atoms with Crippen molar-refractivity contribution >= 4 is 79.7 Å². The average molecular weight is 1130 g/mol. The zero-order chi connectivity index (χ0) is 58.6. The van der Waals surface area contributed by atoms with Gasteiger partial charge in [0.1, 0.15) is 59.0 Å². The molecule has 422 valence electrons. The molecule has 0 atom stereocenters. The number of fused-ring (bicyclic) bond motifs is 3. The lowest BCUT2D eigenvalue weighted by Crippen LogP contribution is -2.54. The first kappa shape index (κ1) is 56.3. The van der Waals surface area contributed by atoms with Crippen LogP contribution >= 0.6 is 0 Å². The Morgan fingerprint density at radius 3 is 1.06 bits per heavy atom. The Labute approximate surface area is 498 Å². The van der Waals surface area contributed by atoms with Crippen LogP contribution in [0.25, 0.3) is 66.6 Å². The van der Waals surface area contributed by atoms with E-state index in [9.17, 15) is 10.5 Å². The first-order chi connectivity index (χ1) is 42.6. The number of benzene rings is 8. The number of rotatable bonds is 24. The van der Waals surface area contributed by atoms with Gasteiger partial charge in [-0.25, -0.2) is 9.97 Å². The molecule has 14 nitrogen and oxygen atoms in total. The smallest absolute Gasteiger partial charge is 0.328 e. The SMILES string of the molecule is COCCOCCOc1ccc(-c2c3/c(=C(\C#N)c4nc5ccccc5o4)n(B(c4ccccc4)c4ccccc4)c(-c4ccc(OCCOCCOC)cc4)c3/c(=C(\C#N)c3nc4ccccc4o3)n2B(c2ccccc2)c2ccccc2)cc1. The minimum absolute atomic E-state index is 0.111. The molecule has 0 radical (unpaired) electrons. The molecule has 12 aromatic rings. The van der Waals surface area contributed by atoms with Crippen molar-refractivity contribution < 1.29 is 37.3 Å². The highest BCUT2D eigenvalue weighted by molar-refractivity contribution is 6.85. The molecule has 0 aliphatic carbocycles. The Bertz CT molecular complexity index is 4050. The van der Waals surface area contributed by atoms with Gasteiger partial charge in [-0.1, -0.05) is 167 Å². The Morgan fingerprint density at radius 2 is 0.733 bits per heavy atom. The Kier molecular flexibility index (Phi) is 17.4. The number of nitriles is 2. The third-order valence-electron chi connectivity index (χ3n) is 15.0. The van der Waals surface area contributed by atoms with Crippen LogP contribution in [-0.2, 0) is 18.9 Å². The second-order valence-electron chi connectivity index (χ2n) is 20.2. The molecule has 12 rings (SSSR count). The fourth-order valence-corrected chi connectivity index (χ4v) is 11.2. The number of para-hydroxylation sites is 4. The summed E-state index contributed by atoms with van der Waals surface area (Å²) in [4.78, 5) is 10.2. The lowest BCUT2D eigenvalue weighted by molar-refractivity contribution is 0.0544. The van der Waals surface area contributed by atoms with E-state index in [1.807, 2.05) is 170 Å². The Morgan fingerprint density at radius 1 is 0.407 bits per heavy atom. The molecular formula is C70H58B2N6O8. The predicted octanol–water partition coefficient (Wildman–Crippen LogP) is 8.90. The molecule has 0 aliphatic heterocycles. The molecule has 0 saturated carbocycles. The van der Waals surface area contributed by atoms with Crippen LogP contribution in [0.2, 0.25) is 0 Å². The van der Waals surface area contributed by atoms with Crippen LogP contribution in [0.3, 0.4) is 0 Å². The molecule has 86 heavy (non-hydrogen) atoms. The summed E-state index contributed by atoms with van der Waals surface area (Å²) in [5.74, 6) is 1.45. The minimum atomic E-state index is -0.632. The molecular weight excluding hydrogens is 1070 g/mol. The molecule has 0 amide bonds. The van der Waals surface area contributed by atoms with Crippen LogP contribution in [0.1, 0.15) is 11.8 Å². The highest BCUT2D eigenvalue weighted by Crippen LogP contribution is 2.38. The lowest BCUT2D eigenvalue weighted by atomic mass is 9.50. The van der Waals surface area contributed by atoms with Gasteiger partial charge < -0.3 is 46.2 Å². The molecule has 8 aromatic carbocycles. The molecule has 0 aliphatic rings. The highest BCUT2D eigenvalue weighted by atomic mass is 16.5. The normalized spacial score (nSPS) is 12.0.